The molecule has 2 aromatic rings. The van der Waals surface area contributed by atoms with Gasteiger partial charge < -0.3 is 11.1 Å². The van der Waals surface area contributed by atoms with Gasteiger partial charge in [0.2, 0.25) is 0 Å². The van der Waals surface area contributed by atoms with Crippen LogP contribution >= 0.6 is 39.7 Å². The van der Waals surface area contributed by atoms with Crippen LogP contribution in [0.2, 0.25) is 5.02 Å². The van der Waals surface area contributed by atoms with Crippen LogP contribution in [-0.2, 0) is 0 Å². The third-order valence-corrected chi connectivity index (χ3v) is 3.47. The fourth-order valence-electron chi connectivity index (χ4n) is 1.57. The number of hydrogen-bond acceptors (Lipinski definition) is 2. The zero-order valence-corrected chi connectivity index (χ0v) is 12.7. The maximum absolute atomic E-state index is 13.8. The molecular formula is C13H9BrClFN2S. The Morgan fingerprint density at radius 3 is 2.68 bits per heavy atom. The molecule has 0 amide bonds. The van der Waals surface area contributed by atoms with Crippen LogP contribution in [-0.4, -0.2) is 4.99 Å². The monoisotopic (exact) mass is 358 g/mol. The van der Waals surface area contributed by atoms with Crippen molar-refractivity contribution in [3.05, 3.63) is 57.3 Å². The van der Waals surface area contributed by atoms with Crippen molar-refractivity contribution in [3.8, 4) is 0 Å². The molecule has 19 heavy (non-hydrogen) atoms. The van der Waals surface area contributed by atoms with Gasteiger partial charge in [0.25, 0.3) is 0 Å². The van der Waals surface area contributed by atoms with Gasteiger partial charge in [0.1, 0.15) is 4.99 Å². The molecule has 0 atom stereocenters. The molecule has 6 heteroatoms. The lowest BCUT2D eigenvalue weighted by molar-refractivity contribution is 0.632. The van der Waals surface area contributed by atoms with Crippen LogP contribution in [0.3, 0.4) is 0 Å². The lowest BCUT2D eigenvalue weighted by atomic mass is 10.1. The minimum absolute atomic E-state index is 0.0546. The Labute approximate surface area is 128 Å². The van der Waals surface area contributed by atoms with Crippen LogP contribution in [0.1, 0.15) is 5.56 Å². The normalized spacial score (nSPS) is 10.3. The molecule has 0 aromatic heterocycles. The summed E-state index contributed by atoms with van der Waals surface area (Å²) in [7, 11) is 0. The molecule has 0 aliphatic heterocycles. The van der Waals surface area contributed by atoms with Gasteiger partial charge in [0.05, 0.1) is 10.7 Å². The molecule has 0 aliphatic rings. The number of nitrogens with two attached hydrogens (primary N) is 1. The van der Waals surface area contributed by atoms with Crippen molar-refractivity contribution in [1.29, 1.82) is 0 Å². The highest BCUT2D eigenvalue weighted by Gasteiger charge is 2.10. The first-order valence-corrected chi connectivity index (χ1v) is 6.87. The van der Waals surface area contributed by atoms with E-state index < -0.39 is 5.82 Å². The zero-order valence-electron chi connectivity index (χ0n) is 9.58. The molecule has 98 valence electrons. The Kier molecular flexibility index (Phi) is 4.39. The predicted molar refractivity (Wildman–Crippen MR) is 84.7 cm³/mol. The fourth-order valence-corrected chi connectivity index (χ4v) is 2.28. The van der Waals surface area contributed by atoms with Crippen molar-refractivity contribution >= 4 is 56.1 Å². The largest absolute Gasteiger partial charge is 0.389 e. The van der Waals surface area contributed by atoms with Gasteiger partial charge in [-0.2, -0.15) is 0 Å². The molecule has 0 bridgehead atoms. The SMILES string of the molecule is NC(=S)c1cc(Br)ccc1Nc1cccc(Cl)c1F. The van der Waals surface area contributed by atoms with Crippen LogP contribution in [0.4, 0.5) is 15.8 Å². The van der Waals surface area contributed by atoms with E-state index in [4.69, 9.17) is 29.6 Å². The second-order valence-corrected chi connectivity index (χ2v) is 5.54. The number of rotatable bonds is 3. The Morgan fingerprint density at radius 2 is 2.00 bits per heavy atom. The summed E-state index contributed by atoms with van der Waals surface area (Å²) in [6.45, 7) is 0. The topological polar surface area (TPSA) is 38.0 Å². The highest BCUT2D eigenvalue weighted by Crippen LogP contribution is 2.28. The number of halogens is 3. The molecule has 0 heterocycles. The summed E-state index contributed by atoms with van der Waals surface area (Å²) in [6, 6.07) is 10.1. The van der Waals surface area contributed by atoms with Crippen LogP contribution < -0.4 is 11.1 Å². The van der Waals surface area contributed by atoms with Gasteiger partial charge in [-0.25, -0.2) is 4.39 Å². The van der Waals surface area contributed by atoms with E-state index >= 15 is 0 Å². The molecule has 2 nitrogen and oxygen atoms in total. The number of nitrogens with one attached hydrogen (secondary N) is 1. The smallest absolute Gasteiger partial charge is 0.165 e. The van der Waals surface area contributed by atoms with E-state index in [9.17, 15) is 4.39 Å². The number of anilines is 2. The van der Waals surface area contributed by atoms with E-state index in [1.807, 2.05) is 6.07 Å². The summed E-state index contributed by atoms with van der Waals surface area (Å²) in [4.78, 5) is 0.228. The van der Waals surface area contributed by atoms with Crippen LogP contribution in [0.5, 0.6) is 0 Å². The first-order chi connectivity index (χ1) is 8.99. The Hall–Kier alpha value is -1.17. The molecule has 0 saturated carbocycles. The second-order valence-electron chi connectivity index (χ2n) is 3.78. The Balaban J connectivity index is 2.44. The molecule has 3 N–H and O–H groups in total. The van der Waals surface area contributed by atoms with Crippen molar-refractivity contribution in [3.63, 3.8) is 0 Å². The first-order valence-electron chi connectivity index (χ1n) is 5.29. The standard InChI is InChI=1S/C13H9BrClFN2S/c14-7-4-5-10(8(6-7)13(17)19)18-11-3-1-2-9(15)12(11)16/h1-6,18H,(H2,17,19). The molecule has 0 unspecified atom stereocenters. The Bertz CT molecular complexity index is 649. The second kappa shape index (κ2) is 5.86. The summed E-state index contributed by atoms with van der Waals surface area (Å²) in [5.74, 6) is -0.513. The van der Waals surface area contributed by atoms with Crippen molar-refractivity contribution in [1.82, 2.24) is 0 Å². The first kappa shape index (κ1) is 14.2. The van der Waals surface area contributed by atoms with Crippen LogP contribution in [0.15, 0.2) is 40.9 Å². The third-order valence-electron chi connectivity index (χ3n) is 2.47. The average Bonchev–Trinajstić information content (AvgIpc) is 2.36. The van der Waals surface area contributed by atoms with Gasteiger partial charge >= 0.3 is 0 Å². The summed E-state index contributed by atoms with van der Waals surface area (Å²) < 4.78 is 14.7. The minimum Gasteiger partial charge on any atom is -0.389 e. The summed E-state index contributed by atoms with van der Waals surface area (Å²) in [5, 5.41) is 3.00. The quantitative estimate of drug-likeness (QED) is 0.785. The fraction of sp³-hybridized carbons (Fsp3) is 0. The minimum atomic E-state index is -0.513. The number of thiocarbonyl (C=S) groups is 1. The van der Waals surface area contributed by atoms with Gasteiger partial charge in [-0.05, 0) is 30.3 Å². The van der Waals surface area contributed by atoms with E-state index in [0.717, 1.165) is 4.47 Å². The molecule has 0 aliphatic carbocycles. The van der Waals surface area contributed by atoms with Gasteiger partial charge in [-0.1, -0.05) is 45.8 Å². The zero-order chi connectivity index (χ0) is 14.0. The average molecular weight is 360 g/mol. The van der Waals surface area contributed by atoms with E-state index in [-0.39, 0.29) is 15.7 Å². The highest BCUT2D eigenvalue weighted by atomic mass is 79.9. The van der Waals surface area contributed by atoms with Crippen molar-refractivity contribution < 1.29 is 4.39 Å². The molecule has 0 fully saturated rings. The highest BCUT2D eigenvalue weighted by molar-refractivity contribution is 9.10. The maximum atomic E-state index is 13.8. The van der Waals surface area contributed by atoms with Gasteiger partial charge in [0.15, 0.2) is 5.82 Å². The summed E-state index contributed by atoms with van der Waals surface area (Å²) in [5.41, 5.74) is 7.18. The van der Waals surface area contributed by atoms with Crippen molar-refractivity contribution in [2.24, 2.45) is 5.73 Å². The Morgan fingerprint density at radius 1 is 1.26 bits per heavy atom. The van der Waals surface area contributed by atoms with Gasteiger partial charge in [-0.15, -0.1) is 0 Å². The van der Waals surface area contributed by atoms with Gasteiger partial charge in [0, 0.05) is 15.7 Å². The van der Waals surface area contributed by atoms with Crippen LogP contribution in [0, 0.1) is 5.82 Å². The van der Waals surface area contributed by atoms with Crippen molar-refractivity contribution in [2.45, 2.75) is 0 Å². The molecule has 0 radical (unpaired) electrons. The van der Waals surface area contributed by atoms with E-state index in [2.05, 4.69) is 21.2 Å². The van der Waals surface area contributed by atoms with E-state index in [0.29, 0.717) is 11.3 Å². The van der Waals surface area contributed by atoms with E-state index in [1.165, 1.54) is 6.07 Å². The predicted octanol–water partition coefficient (Wildman–Crippen LogP) is 4.62. The molecule has 2 aromatic carbocycles. The van der Waals surface area contributed by atoms with Crippen molar-refractivity contribution in [2.75, 3.05) is 5.32 Å². The molecule has 2 rings (SSSR count). The number of hydrogen-bond donors (Lipinski definition) is 2. The summed E-state index contributed by atoms with van der Waals surface area (Å²) >= 11 is 14.1. The molecule has 0 saturated heterocycles. The van der Waals surface area contributed by atoms with Gasteiger partial charge in [-0.3, -0.25) is 0 Å². The number of benzene rings is 2. The van der Waals surface area contributed by atoms with E-state index in [1.54, 1.807) is 24.3 Å². The maximum Gasteiger partial charge on any atom is 0.165 e. The third kappa shape index (κ3) is 3.23. The summed E-state index contributed by atoms with van der Waals surface area (Å²) in [6.07, 6.45) is 0. The van der Waals surface area contributed by atoms with Crippen LogP contribution in [0.25, 0.3) is 0 Å². The molecule has 0 spiro atoms. The lowest BCUT2D eigenvalue weighted by Gasteiger charge is -2.12. The lowest BCUT2D eigenvalue weighted by Crippen LogP contribution is -2.12. The molecular weight excluding hydrogens is 351 g/mol.